The van der Waals surface area contributed by atoms with Crippen LogP contribution in [0.4, 0.5) is 11.4 Å². The van der Waals surface area contributed by atoms with Crippen molar-refractivity contribution in [2.75, 3.05) is 38.0 Å². The van der Waals surface area contributed by atoms with Gasteiger partial charge in [0.25, 0.3) is 0 Å². The number of rotatable bonds is 4. The molecule has 4 rings (SSSR count). The number of hydrogen-bond donors (Lipinski definition) is 1. The fourth-order valence-corrected chi connectivity index (χ4v) is 4.71. The predicted octanol–water partition coefficient (Wildman–Crippen LogP) is 4.66. The van der Waals surface area contributed by atoms with E-state index in [4.69, 9.17) is 23.1 Å². The Labute approximate surface area is 190 Å². The molecular formula is C25H31N5S. The zero-order valence-corrected chi connectivity index (χ0v) is 19.6. The quantitative estimate of drug-likeness (QED) is 0.711. The van der Waals surface area contributed by atoms with Crippen LogP contribution in [0.1, 0.15) is 36.4 Å². The zero-order valence-electron chi connectivity index (χ0n) is 18.7. The van der Waals surface area contributed by atoms with Gasteiger partial charge in [0, 0.05) is 45.5 Å². The van der Waals surface area contributed by atoms with Crippen molar-refractivity contribution in [3.05, 3.63) is 65.2 Å². The lowest BCUT2D eigenvalue weighted by Crippen LogP contribution is -2.35. The summed E-state index contributed by atoms with van der Waals surface area (Å²) in [6.45, 7) is 0. The number of hydrogen-bond acceptors (Lipinski definition) is 4. The van der Waals surface area contributed by atoms with Crippen LogP contribution in [0.3, 0.4) is 0 Å². The van der Waals surface area contributed by atoms with Crippen LogP contribution in [0, 0.1) is 5.92 Å². The number of allylic oxidation sites excluding steroid dienone is 1. The minimum Gasteiger partial charge on any atom is -0.378 e. The number of benzene rings is 2. The van der Waals surface area contributed by atoms with Crippen molar-refractivity contribution in [2.24, 2.45) is 16.8 Å². The second kappa shape index (κ2) is 8.71. The average Bonchev–Trinajstić information content (AvgIpc) is 3.15. The van der Waals surface area contributed by atoms with Gasteiger partial charge >= 0.3 is 0 Å². The summed E-state index contributed by atoms with van der Waals surface area (Å²) in [6, 6.07) is 17.4. The fourth-order valence-electron chi connectivity index (χ4n) is 4.56. The summed E-state index contributed by atoms with van der Waals surface area (Å²) in [5, 5.41) is 7.13. The minimum atomic E-state index is 0.0588. The van der Waals surface area contributed by atoms with Crippen LogP contribution in [-0.4, -0.2) is 44.0 Å². The molecule has 0 spiro atoms. The topological polar surface area (TPSA) is 48.1 Å². The number of nitrogens with two attached hydrogens (primary N) is 1. The molecule has 0 saturated heterocycles. The molecule has 6 heteroatoms. The lowest BCUT2D eigenvalue weighted by molar-refractivity contribution is 0.305. The maximum absolute atomic E-state index is 6.12. The van der Waals surface area contributed by atoms with Gasteiger partial charge in [0.1, 0.15) is 0 Å². The highest BCUT2D eigenvalue weighted by molar-refractivity contribution is 7.80. The Morgan fingerprint density at radius 2 is 1.58 bits per heavy atom. The van der Waals surface area contributed by atoms with Crippen LogP contribution in [-0.2, 0) is 0 Å². The lowest BCUT2D eigenvalue weighted by Gasteiger charge is -2.30. The summed E-state index contributed by atoms with van der Waals surface area (Å²) in [5.41, 5.74) is 13.3. The first kappa shape index (κ1) is 21.4. The molecule has 0 aromatic heterocycles. The monoisotopic (exact) mass is 433 g/mol. The molecule has 2 atom stereocenters. The highest BCUT2D eigenvalue weighted by atomic mass is 32.1. The van der Waals surface area contributed by atoms with E-state index in [1.807, 2.05) is 5.01 Å². The van der Waals surface area contributed by atoms with E-state index in [1.165, 1.54) is 28.1 Å². The summed E-state index contributed by atoms with van der Waals surface area (Å²) >= 11 is 5.39. The smallest absolute Gasteiger partial charge is 0.187 e. The fraction of sp³-hybridized carbons (Fsp3) is 0.360. The van der Waals surface area contributed by atoms with E-state index in [1.54, 1.807) is 0 Å². The van der Waals surface area contributed by atoms with Crippen LogP contribution in [0.25, 0.3) is 6.08 Å². The van der Waals surface area contributed by atoms with Crippen molar-refractivity contribution in [3.63, 3.8) is 0 Å². The molecule has 1 aliphatic heterocycles. The second-order valence-electron chi connectivity index (χ2n) is 8.75. The van der Waals surface area contributed by atoms with E-state index in [9.17, 15) is 0 Å². The number of thiocarbonyl (C=S) groups is 1. The van der Waals surface area contributed by atoms with Crippen molar-refractivity contribution < 1.29 is 0 Å². The highest BCUT2D eigenvalue weighted by Crippen LogP contribution is 2.44. The molecule has 5 nitrogen and oxygen atoms in total. The summed E-state index contributed by atoms with van der Waals surface area (Å²) in [5.74, 6) is 0.299. The average molecular weight is 434 g/mol. The van der Waals surface area contributed by atoms with Gasteiger partial charge in [0.2, 0.25) is 0 Å². The molecule has 2 unspecified atom stereocenters. The van der Waals surface area contributed by atoms with Crippen LogP contribution in [0.5, 0.6) is 0 Å². The molecule has 1 heterocycles. The SMILES string of the molecule is CN(C)c1ccc(C=C2CCCC3C2=NN(C(N)=S)C3c2ccc(N(C)C)cc2)cc1. The van der Waals surface area contributed by atoms with Crippen LogP contribution >= 0.6 is 12.2 Å². The molecule has 1 fully saturated rings. The Balaban J connectivity index is 1.66. The maximum Gasteiger partial charge on any atom is 0.187 e. The molecule has 0 bridgehead atoms. The molecule has 0 radical (unpaired) electrons. The number of nitrogens with zero attached hydrogens (tertiary/aromatic N) is 4. The molecule has 1 aliphatic carbocycles. The van der Waals surface area contributed by atoms with Gasteiger partial charge in [0.05, 0.1) is 11.8 Å². The first-order valence-electron chi connectivity index (χ1n) is 10.8. The van der Waals surface area contributed by atoms with Crippen molar-refractivity contribution >= 4 is 40.5 Å². The van der Waals surface area contributed by atoms with Crippen molar-refractivity contribution in [3.8, 4) is 0 Å². The van der Waals surface area contributed by atoms with Gasteiger partial charge in [-0.3, -0.25) is 0 Å². The van der Waals surface area contributed by atoms with Crippen LogP contribution in [0.15, 0.2) is 59.2 Å². The zero-order chi connectivity index (χ0) is 22.1. The molecule has 0 amide bonds. The van der Waals surface area contributed by atoms with Gasteiger partial charge in [-0.25, -0.2) is 5.01 Å². The molecule has 2 aromatic rings. The number of hydrazone groups is 1. The van der Waals surface area contributed by atoms with E-state index < -0.39 is 0 Å². The van der Waals surface area contributed by atoms with E-state index in [0.717, 1.165) is 25.0 Å². The van der Waals surface area contributed by atoms with Crippen molar-refractivity contribution in [2.45, 2.75) is 25.3 Å². The van der Waals surface area contributed by atoms with Gasteiger partial charge in [-0.2, -0.15) is 5.10 Å². The van der Waals surface area contributed by atoms with Crippen LogP contribution in [0.2, 0.25) is 0 Å². The molecule has 2 aromatic carbocycles. The predicted molar refractivity (Wildman–Crippen MR) is 136 cm³/mol. The Kier molecular flexibility index (Phi) is 6.01. The van der Waals surface area contributed by atoms with Gasteiger partial charge in [-0.15, -0.1) is 0 Å². The lowest BCUT2D eigenvalue weighted by atomic mass is 9.77. The largest absolute Gasteiger partial charge is 0.378 e. The number of fused-ring (bicyclic) bond motifs is 1. The van der Waals surface area contributed by atoms with Crippen molar-refractivity contribution in [1.29, 1.82) is 0 Å². The standard InChI is InChI=1S/C25H31N5S/c1-28(2)20-12-8-17(9-13-20)16-19-6-5-7-22-23(19)27-30(25(26)31)24(22)18-10-14-21(15-11-18)29(3)4/h8-16,22,24H,5-7H2,1-4H3,(H2,26,31). The minimum absolute atomic E-state index is 0.0588. The van der Waals surface area contributed by atoms with E-state index in [0.29, 0.717) is 11.0 Å². The van der Waals surface area contributed by atoms with Gasteiger partial charge in [-0.1, -0.05) is 24.3 Å². The van der Waals surface area contributed by atoms with E-state index in [2.05, 4.69) is 92.6 Å². The first-order valence-corrected chi connectivity index (χ1v) is 11.2. The van der Waals surface area contributed by atoms with Gasteiger partial charge in [-0.05, 0) is 78.5 Å². The maximum atomic E-state index is 6.12. The van der Waals surface area contributed by atoms with E-state index in [-0.39, 0.29) is 6.04 Å². The Morgan fingerprint density at radius 3 is 2.13 bits per heavy atom. The highest BCUT2D eigenvalue weighted by Gasteiger charge is 2.42. The molecule has 2 N–H and O–H groups in total. The third-order valence-corrected chi connectivity index (χ3v) is 6.42. The molecule has 31 heavy (non-hydrogen) atoms. The van der Waals surface area contributed by atoms with Crippen LogP contribution < -0.4 is 15.5 Å². The van der Waals surface area contributed by atoms with Gasteiger partial charge < -0.3 is 15.5 Å². The number of anilines is 2. The van der Waals surface area contributed by atoms with Gasteiger partial charge in [0.15, 0.2) is 5.11 Å². The molecule has 2 aliphatic rings. The Hall–Kier alpha value is -2.86. The molecule has 162 valence electrons. The molecular weight excluding hydrogens is 402 g/mol. The van der Waals surface area contributed by atoms with E-state index >= 15 is 0 Å². The summed E-state index contributed by atoms with van der Waals surface area (Å²) in [4.78, 5) is 4.22. The van der Waals surface area contributed by atoms with Crippen molar-refractivity contribution in [1.82, 2.24) is 5.01 Å². The Bertz CT molecular complexity index is 1010. The summed E-state index contributed by atoms with van der Waals surface area (Å²) in [6.07, 6.45) is 5.54. The summed E-state index contributed by atoms with van der Waals surface area (Å²) < 4.78 is 0. The second-order valence-corrected chi connectivity index (χ2v) is 9.17. The summed E-state index contributed by atoms with van der Waals surface area (Å²) in [7, 11) is 8.22. The Morgan fingerprint density at radius 1 is 1.00 bits per heavy atom. The normalized spacial score (nSPS) is 21.6. The third kappa shape index (κ3) is 4.30. The third-order valence-electron chi connectivity index (χ3n) is 6.23. The first-order chi connectivity index (χ1) is 14.8. The molecule has 1 saturated carbocycles.